The maximum absolute atomic E-state index is 9.93. The van der Waals surface area contributed by atoms with Gasteiger partial charge in [0.25, 0.3) is 0 Å². The van der Waals surface area contributed by atoms with Crippen LogP contribution in [-0.4, -0.2) is 67.4 Å². The first kappa shape index (κ1) is 20.4. The largest absolute Gasteiger partial charge is 0.469 e. The Morgan fingerprint density at radius 3 is 1.61 bits per heavy atom. The molecule has 0 fully saturated rings. The van der Waals surface area contributed by atoms with Crippen molar-refractivity contribution in [1.29, 1.82) is 0 Å². The monoisotopic (exact) mass is 314 g/mol. The lowest BCUT2D eigenvalue weighted by molar-refractivity contribution is 0.0419. The van der Waals surface area contributed by atoms with Crippen LogP contribution >= 0.6 is 15.6 Å². The highest BCUT2D eigenvalue weighted by molar-refractivity contribution is 7.46. The first-order valence-electron chi connectivity index (χ1n) is 4.31. The maximum Gasteiger partial charge on any atom is 0.469 e. The van der Waals surface area contributed by atoms with Gasteiger partial charge in [0.1, 0.15) is 6.10 Å². The van der Waals surface area contributed by atoms with Crippen LogP contribution in [0.2, 0.25) is 0 Å². The minimum Gasteiger partial charge on any atom is -0.394 e. The van der Waals surface area contributed by atoms with E-state index in [2.05, 4.69) is 9.05 Å². The van der Waals surface area contributed by atoms with Crippen LogP contribution in [0, 0.1) is 0 Å². The average molecular weight is 314 g/mol. The molecule has 0 aromatic heterocycles. The quantitative estimate of drug-likeness (QED) is 0.246. The first-order chi connectivity index (χ1) is 8.02. The zero-order valence-electron chi connectivity index (χ0n) is 9.06. The summed E-state index contributed by atoms with van der Waals surface area (Å²) in [5, 5.41) is 24.6. The zero-order chi connectivity index (χ0) is 14.8. The van der Waals surface area contributed by atoms with E-state index in [0.717, 1.165) is 0 Å². The molecule has 0 radical (unpaired) electrons. The van der Waals surface area contributed by atoms with E-state index in [1.807, 2.05) is 0 Å². The Labute approximate surface area is 102 Å². The Kier molecular flexibility index (Phi) is 11.3. The highest BCUT2D eigenvalue weighted by atomic mass is 31.2. The van der Waals surface area contributed by atoms with Crippen molar-refractivity contribution in [3.63, 3.8) is 0 Å². The third kappa shape index (κ3) is 21.4. The summed E-state index contributed by atoms with van der Waals surface area (Å²) in [5.74, 6) is 0. The van der Waals surface area contributed by atoms with E-state index in [-0.39, 0.29) is 13.2 Å². The number of phosphoric ester groups is 2. The highest BCUT2D eigenvalue weighted by Crippen LogP contribution is 2.35. The van der Waals surface area contributed by atoms with Gasteiger partial charge in [0.15, 0.2) is 0 Å². The number of aliphatic hydroxyl groups excluding tert-OH is 3. The summed E-state index contributed by atoms with van der Waals surface area (Å²) < 4.78 is 27.3. The van der Waals surface area contributed by atoms with Gasteiger partial charge in [-0.05, 0) is 0 Å². The van der Waals surface area contributed by atoms with Crippen LogP contribution in [0.15, 0.2) is 0 Å². The predicted octanol–water partition coefficient (Wildman–Crippen LogP) is -2.46. The molecule has 7 N–H and O–H groups in total. The van der Waals surface area contributed by atoms with Gasteiger partial charge in [-0.15, -0.1) is 0 Å². The standard InChI is InChI=1S/C3H9O6P.C2H7O5P/c4-1-3(5)2-9-10(6,7)8;3-1-2-7-8(4,5)6/h3-5H,1-2H2,(H2,6,7,8);3H,1-2H2,(H2,4,5,6). The lowest BCUT2D eigenvalue weighted by atomic mass is 10.4. The fourth-order valence-electron chi connectivity index (χ4n) is 0.396. The van der Waals surface area contributed by atoms with E-state index in [1.165, 1.54) is 0 Å². The summed E-state index contributed by atoms with van der Waals surface area (Å²) in [6.07, 6.45) is -1.24. The molecule has 11 nitrogen and oxygen atoms in total. The molecule has 0 amide bonds. The van der Waals surface area contributed by atoms with Gasteiger partial charge < -0.3 is 34.9 Å². The number of rotatable bonds is 7. The molecule has 13 heteroatoms. The number of aliphatic hydroxyl groups is 3. The van der Waals surface area contributed by atoms with Gasteiger partial charge >= 0.3 is 15.6 Å². The van der Waals surface area contributed by atoms with Gasteiger partial charge in [0.05, 0.1) is 26.4 Å². The highest BCUT2D eigenvalue weighted by Gasteiger charge is 2.15. The second-order valence-electron chi connectivity index (χ2n) is 2.67. The smallest absolute Gasteiger partial charge is 0.394 e. The molecule has 0 bridgehead atoms. The topological polar surface area (TPSA) is 194 Å². The van der Waals surface area contributed by atoms with Crippen LogP contribution in [0.4, 0.5) is 0 Å². The van der Waals surface area contributed by atoms with Crippen molar-refractivity contribution in [3.8, 4) is 0 Å². The van der Waals surface area contributed by atoms with Gasteiger partial charge in [0, 0.05) is 0 Å². The summed E-state index contributed by atoms with van der Waals surface area (Å²) in [6, 6.07) is 0. The van der Waals surface area contributed by atoms with E-state index in [4.69, 9.17) is 34.9 Å². The van der Waals surface area contributed by atoms with Crippen LogP contribution in [0.3, 0.4) is 0 Å². The van der Waals surface area contributed by atoms with Crippen molar-refractivity contribution >= 4 is 15.6 Å². The Bertz CT molecular complexity index is 281. The second-order valence-corrected chi connectivity index (χ2v) is 5.15. The van der Waals surface area contributed by atoms with Gasteiger partial charge in [-0.2, -0.15) is 0 Å². The number of hydrogen-bond acceptors (Lipinski definition) is 7. The van der Waals surface area contributed by atoms with E-state index in [9.17, 15) is 9.13 Å². The van der Waals surface area contributed by atoms with Gasteiger partial charge in [-0.3, -0.25) is 9.05 Å². The summed E-state index contributed by atoms with van der Waals surface area (Å²) in [4.78, 5) is 32.0. The van der Waals surface area contributed by atoms with Crippen molar-refractivity contribution in [2.75, 3.05) is 26.4 Å². The molecule has 0 aromatic rings. The van der Waals surface area contributed by atoms with E-state index >= 15 is 0 Å². The Balaban J connectivity index is 0. The molecule has 1 atom stereocenters. The SMILES string of the molecule is O=P(O)(O)OCC(O)CO.O=P(O)(O)OCCO. The molecule has 0 saturated carbocycles. The van der Waals surface area contributed by atoms with E-state index < -0.39 is 35.0 Å². The molecule has 112 valence electrons. The molecule has 0 aliphatic carbocycles. The minimum absolute atomic E-state index is 0.329. The Hall–Kier alpha value is 0.1000. The number of phosphoric acid groups is 2. The van der Waals surface area contributed by atoms with Crippen LogP contribution in [0.5, 0.6) is 0 Å². The van der Waals surface area contributed by atoms with Gasteiger partial charge in [0.2, 0.25) is 0 Å². The van der Waals surface area contributed by atoms with Crippen LogP contribution in [0.1, 0.15) is 0 Å². The summed E-state index contributed by atoms with van der Waals surface area (Å²) in [5.41, 5.74) is 0. The molecule has 0 aliphatic rings. The zero-order valence-corrected chi connectivity index (χ0v) is 10.9. The number of hydrogen-bond donors (Lipinski definition) is 7. The fraction of sp³-hybridized carbons (Fsp3) is 1.00. The van der Waals surface area contributed by atoms with Gasteiger partial charge in [-0.25, -0.2) is 9.13 Å². The summed E-state index contributed by atoms with van der Waals surface area (Å²) in [7, 11) is -8.85. The molecular formula is C5H16O11P2. The first-order valence-corrected chi connectivity index (χ1v) is 7.38. The lowest BCUT2D eigenvalue weighted by Gasteiger charge is -2.07. The van der Waals surface area contributed by atoms with Crippen LogP contribution < -0.4 is 0 Å². The van der Waals surface area contributed by atoms with E-state index in [0.29, 0.717) is 0 Å². The normalized spacial score (nSPS) is 13.7. The molecule has 0 aromatic carbocycles. The van der Waals surface area contributed by atoms with Crippen molar-refractivity contribution in [3.05, 3.63) is 0 Å². The third-order valence-corrected chi connectivity index (χ3v) is 2.00. The predicted molar refractivity (Wildman–Crippen MR) is 56.2 cm³/mol. The molecule has 0 aliphatic heterocycles. The summed E-state index contributed by atoms with van der Waals surface area (Å²) >= 11 is 0. The van der Waals surface area contributed by atoms with Crippen molar-refractivity contribution in [1.82, 2.24) is 0 Å². The fourth-order valence-corrected chi connectivity index (χ4v) is 1.08. The Morgan fingerprint density at radius 1 is 0.944 bits per heavy atom. The third-order valence-electron chi connectivity index (χ3n) is 0.997. The van der Waals surface area contributed by atoms with E-state index in [1.54, 1.807) is 0 Å². The molecular weight excluding hydrogens is 298 g/mol. The van der Waals surface area contributed by atoms with Crippen molar-refractivity contribution in [2.24, 2.45) is 0 Å². The van der Waals surface area contributed by atoms with Crippen LogP contribution in [-0.2, 0) is 18.2 Å². The Morgan fingerprint density at radius 2 is 1.39 bits per heavy atom. The second kappa shape index (κ2) is 9.96. The maximum atomic E-state index is 9.93. The molecule has 0 rings (SSSR count). The molecule has 1 unspecified atom stereocenters. The van der Waals surface area contributed by atoms with Crippen molar-refractivity contribution < 1.29 is 53.1 Å². The molecule has 0 saturated heterocycles. The lowest BCUT2D eigenvalue weighted by Crippen LogP contribution is -2.18. The average Bonchev–Trinajstić information content (AvgIpc) is 2.22. The molecule has 0 spiro atoms. The van der Waals surface area contributed by atoms with Crippen molar-refractivity contribution in [2.45, 2.75) is 6.10 Å². The minimum atomic E-state index is -4.50. The summed E-state index contributed by atoms with van der Waals surface area (Å²) in [6.45, 7) is -1.86. The molecule has 18 heavy (non-hydrogen) atoms. The molecule has 0 heterocycles. The van der Waals surface area contributed by atoms with Gasteiger partial charge in [-0.1, -0.05) is 0 Å². The van der Waals surface area contributed by atoms with Crippen LogP contribution in [0.25, 0.3) is 0 Å².